The van der Waals surface area contributed by atoms with Crippen molar-refractivity contribution in [3.05, 3.63) is 39.3 Å². The molecule has 0 amide bonds. The summed E-state index contributed by atoms with van der Waals surface area (Å²) in [6.07, 6.45) is 6.89. The summed E-state index contributed by atoms with van der Waals surface area (Å²) < 4.78 is 1.88. The summed E-state index contributed by atoms with van der Waals surface area (Å²) >= 11 is 1.89. The van der Waals surface area contributed by atoms with Gasteiger partial charge in [0.05, 0.1) is 11.7 Å². The van der Waals surface area contributed by atoms with Gasteiger partial charge >= 0.3 is 0 Å². The van der Waals surface area contributed by atoms with Crippen LogP contribution in [0.3, 0.4) is 0 Å². The van der Waals surface area contributed by atoms with Gasteiger partial charge in [-0.2, -0.15) is 5.10 Å². The topological polar surface area (TPSA) is 55.9 Å². The molecule has 3 N–H and O–H groups in total. The number of nitrogens with zero attached hydrogens (tertiary/aromatic N) is 2. The van der Waals surface area contributed by atoms with E-state index in [4.69, 9.17) is 5.84 Å². The molecule has 4 nitrogen and oxygen atoms in total. The van der Waals surface area contributed by atoms with Crippen LogP contribution in [0.25, 0.3) is 0 Å². The molecule has 5 heteroatoms. The summed E-state index contributed by atoms with van der Waals surface area (Å²) in [7, 11) is 1.95. The zero-order valence-electron chi connectivity index (χ0n) is 10.5. The molecule has 2 aromatic heterocycles. The normalized spacial score (nSPS) is 16.6. The number of thiophene rings is 1. The molecule has 0 spiro atoms. The van der Waals surface area contributed by atoms with Crippen LogP contribution in [0.4, 0.5) is 0 Å². The third-order valence-corrected chi connectivity index (χ3v) is 4.92. The van der Waals surface area contributed by atoms with E-state index in [1.807, 2.05) is 35.3 Å². The van der Waals surface area contributed by atoms with Crippen LogP contribution in [0, 0.1) is 0 Å². The SMILES string of the molecule is Cn1nccc1C(NN)c1cc2c(s1)CCCC2. The summed E-state index contributed by atoms with van der Waals surface area (Å²) in [5.74, 6) is 5.74. The van der Waals surface area contributed by atoms with Crippen molar-refractivity contribution in [2.75, 3.05) is 0 Å². The van der Waals surface area contributed by atoms with Gasteiger partial charge in [-0.15, -0.1) is 11.3 Å². The first kappa shape index (κ1) is 11.9. The molecule has 2 heterocycles. The van der Waals surface area contributed by atoms with Crippen LogP contribution in [0.2, 0.25) is 0 Å². The van der Waals surface area contributed by atoms with E-state index in [1.54, 1.807) is 4.88 Å². The van der Waals surface area contributed by atoms with Crippen molar-refractivity contribution in [3.8, 4) is 0 Å². The number of nitrogens with two attached hydrogens (primary N) is 1. The number of hydrazine groups is 1. The second-order valence-electron chi connectivity index (χ2n) is 4.78. The first-order chi connectivity index (χ1) is 8.79. The molecule has 96 valence electrons. The van der Waals surface area contributed by atoms with Gasteiger partial charge in [-0.25, -0.2) is 5.43 Å². The van der Waals surface area contributed by atoms with Crippen molar-refractivity contribution in [1.29, 1.82) is 0 Å². The number of fused-ring (bicyclic) bond motifs is 1. The maximum absolute atomic E-state index is 5.74. The molecule has 0 fully saturated rings. The molecule has 0 aliphatic heterocycles. The minimum Gasteiger partial charge on any atom is -0.271 e. The molecular formula is C13H18N4S. The molecule has 0 saturated carbocycles. The number of aryl methyl sites for hydroxylation is 3. The highest BCUT2D eigenvalue weighted by atomic mass is 32.1. The molecule has 1 aliphatic carbocycles. The Kier molecular flexibility index (Phi) is 3.20. The number of hydrogen-bond acceptors (Lipinski definition) is 4. The Hall–Kier alpha value is -1.17. The van der Waals surface area contributed by atoms with Crippen LogP contribution < -0.4 is 11.3 Å². The molecule has 18 heavy (non-hydrogen) atoms. The van der Waals surface area contributed by atoms with Crippen molar-refractivity contribution < 1.29 is 0 Å². The van der Waals surface area contributed by atoms with Gasteiger partial charge < -0.3 is 0 Å². The van der Waals surface area contributed by atoms with Crippen LogP contribution in [0.5, 0.6) is 0 Å². The van der Waals surface area contributed by atoms with E-state index >= 15 is 0 Å². The van der Waals surface area contributed by atoms with E-state index in [9.17, 15) is 0 Å². The molecule has 0 saturated heterocycles. The van der Waals surface area contributed by atoms with Crippen LogP contribution in [0.15, 0.2) is 18.3 Å². The Morgan fingerprint density at radius 2 is 2.28 bits per heavy atom. The molecule has 3 rings (SSSR count). The highest BCUT2D eigenvalue weighted by Gasteiger charge is 2.21. The molecule has 0 bridgehead atoms. The fourth-order valence-electron chi connectivity index (χ4n) is 2.64. The summed E-state index contributed by atoms with van der Waals surface area (Å²) in [5, 5.41) is 4.22. The molecule has 2 aromatic rings. The Morgan fingerprint density at radius 1 is 1.44 bits per heavy atom. The maximum atomic E-state index is 5.74. The summed E-state index contributed by atoms with van der Waals surface area (Å²) in [6, 6.07) is 4.38. The van der Waals surface area contributed by atoms with Crippen LogP contribution >= 0.6 is 11.3 Å². The highest BCUT2D eigenvalue weighted by Crippen LogP contribution is 2.34. The number of rotatable bonds is 3. The van der Waals surface area contributed by atoms with Gasteiger partial charge in [-0.3, -0.25) is 10.5 Å². The minimum absolute atomic E-state index is 0.0492. The molecule has 1 atom stereocenters. The predicted molar refractivity (Wildman–Crippen MR) is 73.3 cm³/mol. The fourth-order valence-corrected chi connectivity index (χ4v) is 3.97. The van der Waals surface area contributed by atoms with Crippen LogP contribution in [0.1, 0.15) is 39.9 Å². The van der Waals surface area contributed by atoms with Crippen molar-refractivity contribution in [1.82, 2.24) is 15.2 Å². The molecule has 0 radical (unpaired) electrons. The number of nitrogens with one attached hydrogen (secondary N) is 1. The first-order valence-electron chi connectivity index (χ1n) is 6.35. The lowest BCUT2D eigenvalue weighted by atomic mass is 9.98. The third kappa shape index (κ3) is 1.98. The van der Waals surface area contributed by atoms with Crippen LogP contribution in [-0.2, 0) is 19.9 Å². The molecule has 1 aliphatic rings. The van der Waals surface area contributed by atoms with Gasteiger partial charge in [0.1, 0.15) is 0 Å². The Balaban J connectivity index is 1.97. The smallest absolute Gasteiger partial charge is 0.0970 e. The third-order valence-electron chi connectivity index (χ3n) is 3.62. The van der Waals surface area contributed by atoms with Gasteiger partial charge in [0, 0.05) is 23.0 Å². The number of hydrogen-bond donors (Lipinski definition) is 2. The van der Waals surface area contributed by atoms with Crippen molar-refractivity contribution >= 4 is 11.3 Å². The molecule has 0 aromatic carbocycles. The Bertz CT molecular complexity index is 519. The van der Waals surface area contributed by atoms with Crippen molar-refractivity contribution in [3.63, 3.8) is 0 Å². The van der Waals surface area contributed by atoms with E-state index in [0.717, 1.165) is 5.69 Å². The van der Waals surface area contributed by atoms with Gasteiger partial charge in [0.15, 0.2) is 0 Å². The number of aromatic nitrogens is 2. The minimum atomic E-state index is 0.0492. The largest absolute Gasteiger partial charge is 0.271 e. The Morgan fingerprint density at radius 3 is 2.94 bits per heavy atom. The second-order valence-corrected chi connectivity index (χ2v) is 5.95. The quantitative estimate of drug-likeness (QED) is 0.656. The van der Waals surface area contributed by atoms with Gasteiger partial charge in [0.25, 0.3) is 0 Å². The van der Waals surface area contributed by atoms with E-state index in [0.29, 0.717) is 0 Å². The zero-order chi connectivity index (χ0) is 12.5. The highest BCUT2D eigenvalue weighted by molar-refractivity contribution is 7.12. The van der Waals surface area contributed by atoms with Crippen molar-refractivity contribution in [2.24, 2.45) is 12.9 Å². The Labute approximate surface area is 111 Å². The lowest BCUT2D eigenvalue weighted by molar-refractivity contribution is 0.581. The lowest BCUT2D eigenvalue weighted by Crippen LogP contribution is -2.29. The van der Waals surface area contributed by atoms with E-state index in [1.165, 1.54) is 36.1 Å². The standard InChI is InChI=1S/C13H18N4S/c1-17-10(6-7-15-17)13(16-14)12-8-9-4-2-3-5-11(9)18-12/h6-8,13,16H,2-5,14H2,1H3. The van der Waals surface area contributed by atoms with Crippen molar-refractivity contribution in [2.45, 2.75) is 31.7 Å². The van der Waals surface area contributed by atoms with Gasteiger partial charge in [-0.1, -0.05) is 0 Å². The lowest BCUT2D eigenvalue weighted by Gasteiger charge is -2.14. The fraction of sp³-hybridized carbons (Fsp3) is 0.462. The summed E-state index contributed by atoms with van der Waals surface area (Å²) in [4.78, 5) is 2.84. The molecule has 1 unspecified atom stereocenters. The van der Waals surface area contributed by atoms with Gasteiger partial charge in [-0.05, 0) is 43.4 Å². The average molecular weight is 262 g/mol. The monoisotopic (exact) mass is 262 g/mol. The van der Waals surface area contributed by atoms with Crippen LogP contribution in [-0.4, -0.2) is 9.78 Å². The molecular weight excluding hydrogens is 244 g/mol. The van der Waals surface area contributed by atoms with E-state index in [-0.39, 0.29) is 6.04 Å². The second kappa shape index (κ2) is 4.84. The predicted octanol–water partition coefficient (Wildman–Crippen LogP) is 1.91. The summed E-state index contributed by atoms with van der Waals surface area (Å²) in [5.41, 5.74) is 5.55. The van der Waals surface area contributed by atoms with E-state index < -0.39 is 0 Å². The zero-order valence-corrected chi connectivity index (χ0v) is 11.3. The first-order valence-corrected chi connectivity index (χ1v) is 7.16. The summed E-state index contributed by atoms with van der Waals surface area (Å²) in [6.45, 7) is 0. The average Bonchev–Trinajstić information content (AvgIpc) is 2.97. The van der Waals surface area contributed by atoms with Gasteiger partial charge in [0.2, 0.25) is 0 Å². The van der Waals surface area contributed by atoms with E-state index in [2.05, 4.69) is 16.6 Å². The maximum Gasteiger partial charge on any atom is 0.0970 e.